The summed E-state index contributed by atoms with van der Waals surface area (Å²) in [4.78, 5) is 15.0. The Labute approximate surface area is 193 Å². The zero-order valence-corrected chi connectivity index (χ0v) is 19.1. The third-order valence-electron chi connectivity index (χ3n) is 5.09. The topological polar surface area (TPSA) is 97.0 Å². The van der Waals surface area contributed by atoms with Gasteiger partial charge in [0.1, 0.15) is 0 Å². The van der Waals surface area contributed by atoms with Crippen LogP contribution in [0.3, 0.4) is 0 Å². The first-order chi connectivity index (χ1) is 15.8. The van der Waals surface area contributed by atoms with Crippen molar-refractivity contribution in [1.82, 2.24) is 10.2 Å². The first kappa shape index (κ1) is 22.6. The van der Waals surface area contributed by atoms with Gasteiger partial charge in [0.25, 0.3) is 15.9 Å². The van der Waals surface area contributed by atoms with E-state index in [9.17, 15) is 13.2 Å². The van der Waals surface area contributed by atoms with Gasteiger partial charge in [-0.2, -0.15) is 0 Å². The minimum atomic E-state index is -3.92. The molecule has 1 atom stereocenters. The van der Waals surface area contributed by atoms with Crippen LogP contribution in [-0.2, 0) is 10.0 Å². The van der Waals surface area contributed by atoms with E-state index in [0.717, 1.165) is 5.56 Å². The molecule has 2 N–H and O–H groups in total. The number of rotatable bonds is 8. The lowest BCUT2D eigenvalue weighted by atomic mass is 10.1. The number of fused-ring (bicyclic) bond motifs is 1. The highest BCUT2D eigenvalue weighted by molar-refractivity contribution is 7.92. The molecule has 3 aromatic carbocycles. The molecule has 0 unspecified atom stereocenters. The lowest BCUT2D eigenvalue weighted by Crippen LogP contribution is -2.35. The largest absolute Gasteiger partial charge is 0.454 e. The molecule has 9 heteroatoms. The molecule has 3 aromatic rings. The number of hydrogen-bond donors (Lipinski definition) is 2. The molecule has 172 valence electrons. The Balaban J connectivity index is 1.53. The van der Waals surface area contributed by atoms with E-state index in [-0.39, 0.29) is 29.2 Å². The molecule has 0 bridgehead atoms. The number of carbonyl (C=O) groups is 1. The molecule has 0 fully saturated rings. The van der Waals surface area contributed by atoms with Crippen LogP contribution in [0.25, 0.3) is 0 Å². The van der Waals surface area contributed by atoms with Gasteiger partial charge >= 0.3 is 0 Å². The highest BCUT2D eigenvalue weighted by Crippen LogP contribution is 2.34. The van der Waals surface area contributed by atoms with Crippen LogP contribution < -0.4 is 19.5 Å². The summed E-state index contributed by atoms with van der Waals surface area (Å²) in [5.41, 5.74) is 1.56. The van der Waals surface area contributed by atoms with Gasteiger partial charge in [-0.3, -0.25) is 9.52 Å². The van der Waals surface area contributed by atoms with Gasteiger partial charge in [-0.25, -0.2) is 8.42 Å². The normalized spacial score (nSPS) is 13.5. The number of hydrogen-bond acceptors (Lipinski definition) is 6. The quantitative estimate of drug-likeness (QED) is 0.528. The number of anilines is 1. The summed E-state index contributed by atoms with van der Waals surface area (Å²) in [6.45, 7) is 0.694. The Morgan fingerprint density at radius 2 is 1.73 bits per heavy atom. The average Bonchev–Trinajstić information content (AvgIpc) is 3.26. The van der Waals surface area contributed by atoms with E-state index in [1.54, 1.807) is 30.3 Å². The van der Waals surface area contributed by atoms with Crippen molar-refractivity contribution in [2.75, 3.05) is 32.2 Å². The summed E-state index contributed by atoms with van der Waals surface area (Å²) < 4.78 is 39.0. The van der Waals surface area contributed by atoms with Crippen molar-refractivity contribution >= 4 is 21.6 Å². The number of nitrogens with one attached hydrogen (secondary N) is 2. The maximum atomic E-state index is 13.0. The predicted octanol–water partition coefficient (Wildman–Crippen LogP) is 3.25. The second-order valence-corrected chi connectivity index (χ2v) is 9.58. The van der Waals surface area contributed by atoms with E-state index < -0.39 is 10.0 Å². The van der Waals surface area contributed by atoms with Crippen LogP contribution in [-0.4, -0.2) is 46.7 Å². The van der Waals surface area contributed by atoms with Crippen LogP contribution in [0.15, 0.2) is 77.7 Å². The van der Waals surface area contributed by atoms with Crippen molar-refractivity contribution in [2.24, 2.45) is 0 Å². The van der Waals surface area contributed by atoms with Crippen molar-refractivity contribution in [1.29, 1.82) is 0 Å². The van der Waals surface area contributed by atoms with Crippen molar-refractivity contribution in [3.63, 3.8) is 0 Å². The van der Waals surface area contributed by atoms with Gasteiger partial charge in [0.05, 0.1) is 16.6 Å². The van der Waals surface area contributed by atoms with Gasteiger partial charge in [-0.1, -0.05) is 36.4 Å². The molecule has 1 aliphatic heterocycles. The fourth-order valence-corrected chi connectivity index (χ4v) is 4.60. The zero-order valence-electron chi connectivity index (χ0n) is 18.3. The molecule has 1 amide bonds. The molecule has 0 spiro atoms. The highest BCUT2D eigenvalue weighted by atomic mass is 32.2. The van der Waals surface area contributed by atoms with Gasteiger partial charge in [0.15, 0.2) is 11.5 Å². The first-order valence-electron chi connectivity index (χ1n) is 10.3. The summed E-state index contributed by atoms with van der Waals surface area (Å²) in [6.07, 6.45) is 0. The number of sulfonamides is 1. The summed E-state index contributed by atoms with van der Waals surface area (Å²) in [5.74, 6) is 0.671. The van der Waals surface area contributed by atoms with E-state index in [0.29, 0.717) is 23.7 Å². The summed E-state index contributed by atoms with van der Waals surface area (Å²) >= 11 is 0. The molecule has 1 heterocycles. The molecule has 0 saturated heterocycles. The van der Waals surface area contributed by atoms with E-state index in [4.69, 9.17) is 9.47 Å². The van der Waals surface area contributed by atoms with Crippen LogP contribution in [0.2, 0.25) is 0 Å². The first-order valence-corrected chi connectivity index (χ1v) is 11.8. The second kappa shape index (κ2) is 9.51. The Hall–Kier alpha value is -3.56. The molecule has 0 saturated carbocycles. The molecule has 4 rings (SSSR count). The number of carbonyl (C=O) groups excluding carboxylic acids is 1. The molecule has 33 heavy (non-hydrogen) atoms. The van der Waals surface area contributed by atoms with Gasteiger partial charge in [-0.05, 0) is 50.0 Å². The van der Waals surface area contributed by atoms with Crippen LogP contribution >= 0.6 is 0 Å². The number of ether oxygens (including phenoxy) is 2. The SMILES string of the molecule is CN(C)C[C@@H](NC(=O)c1cccc(S(=O)(=O)Nc2ccc3c(c2)OCO3)c1)c1ccccc1. The lowest BCUT2D eigenvalue weighted by molar-refractivity contribution is 0.0929. The molecule has 1 aliphatic rings. The van der Waals surface area contributed by atoms with Crippen LogP contribution in [0.1, 0.15) is 22.0 Å². The lowest BCUT2D eigenvalue weighted by Gasteiger charge is -2.23. The molecule has 8 nitrogen and oxygen atoms in total. The Kier molecular flexibility index (Phi) is 6.52. The maximum Gasteiger partial charge on any atom is 0.261 e. The minimum absolute atomic E-state index is 0.0170. The third kappa shape index (κ3) is 5.44. The zero-order chi connectivity index (χ0) is 23.4. The van der Waals surface area contributed by atoms with Crippen LogP contribution in [0.5, 0.6) is 11.5 Å². The van der Waals surface area contributed by atoms with Crippen molar-refractivity contribution in [3.05, 3.63) is 83.9 Å². The van der Waals surface area contributed by atoms with Crippen molar-refractivity contribution < 1.29 is 22.7 Å². The van der Waals surface area contributed by atoms with Crippen molar-refractivity contribution in [2.45, 2.75) is 10.9 Å². The standard InChI is InChI=1S/C24H25N3O5S/c1-27(2)15-21(17-7-4-3-5-8-17)25-24(28)18-9-6-10-20(13-18)33(29,30)26-19-11-12-22-23(14-19)32-16-31-22/h3-14,21,26H,15-16H2,1-2H3,(H,25,28)/t21-/m1/s1. The van der Waals surface area contributed by atoms with E-state index >= 15 is 0 Å². The average molecular weight is 468 g/mol. The summed E-state index contributed by atoms with van der Waals surface area (Å²) in [7, 11) is -0.0657. The van der Waals surface area contributed by atoms with Gasteiger partial charge in [-0.15, -0.1) is 0 Å². The van der Waals surface area contributed by atoms with E-state index in [2.05, 4.69) is 10.0 Å². The fourth-order valence-electron chi connectivity index (χ4n) is 3.51. The smallest absolute Gasteiger partial charge is 0.261 e. The Bertz CT molecular complexity index is 1250. The second-order valence-electron chi connectivity index (χ2n) is 7.90. The number of amides is 1. The monoisotopic (exact) mass is 467 g/mol. The summed E-state index contributed by atoms with van der Waals surface area (Å²) in [6, 6.07) is 20.1. The van der Waals surface area contributed by atoms with Gasteiger partial charge in [0, 0.05) is 18.2 Å². The fraction of sp³-hybridized carbons (Fsp3) is 0.208. The Morgan fingerprint density at radius 1 is 0.970 bits per heavy atom. The predicted molar refractivity (Wildman–Crippen MR) is 125 cm³/mol. The molecular formula is C24H25N3O5S. The van der Waals surface area contributed by atoms with E-state index in [1.165, 1.54) is 12.1 Å². The van der Waals surface area contributed by atoms with Crippen molar-refractivity contribution in [3.8, 4) is 11.5 Å². The third-order valence-corrected chi connectivity index (χ3v) is 6.47. The Morgan fingerprint density at radius 3 is 2.48 bits per heavy atom. The number of benzene rings is 3. The summed E-state index contributed by atoms with van der Waals surface area (Å²) in [5, 5.41) is 3.01. The molecule has 0 aliphatic carbocycles. The van der Waals surface area contributed by atoms with Crippen LogP contribution in [0.4, 0.5) is 5.69 Å². The maximum absolute atomic E-state index is 13.0. The minimum Gasteiger partial charge on any atom is -0.454 e. The van der Waals surface area contributed by atoms with E-state index in [1.807, 2.05) is 49.3 Å². The molecular weight excluding hydrogens is 442 g/mol. The van der Waals surface area contributed by atoms with Gasteiger partial charge < -0.3 is 19.7 Å². The number of likely N-dealkylation sites (N-methyl/N-ethyl adjacent to an activating group) is 1. The molecule has 0 radical (unpaired) electrons. The van der Waals surface area contributed by atoms with Crippen LogP contribution in [0, 0.1) is 0 Å². The number of nitrogens with zero attached hydrogens (tertiary/aromatic N) is 1. The van der Waals surface area contributed by atoms with Gasteiger partial charge in [0.2, 0.25) is 6.79 Å². The highest BCUT2D eigenvalue weighted by Gasteiger charge is 2.21. The molecule has 0 aromatic heterocycles.